The molecular weight excluding hydrogens is 335 g/mol. The molecule has 104 valence electrons. The van der Waals surface area contributed by atoms with E-state index in [0.717, 1.165) is 34.6 Å². The van der Waals surface area contributed by atoms with Gasteiger partial charge < -0.3 is 0 Å². The topological polar surface area (TPSA) is 43.4 Å². The molecule has 0 atom stereocenters. The summed E-state index contributed by atoms with van der Waals surface area (Å²) >= 11 is -3.43. The van der Waals surface area contributed by atoms with Crippen LogP contribution in [-0.2, 0) is 12.7 Å². The number of rotatable bonds is 9. The first kappa shape index (κ1) is 17.7. The molecule has 0 aromatic rings. The molecule has 0 spiro atoms. The van der Waals surface area contributed by atoms with Gasteiger partial charge in [0, 0.05) is 0 Å². The predicted molar refractivity (Wildman–Crippen MR) is 76.8 cm³/mol. The standard InChI is InChI=1S/C4H6O2.2C4H9.C2H3O.Sn/c1-3(2)4(5)6;2*1-3-4-2;1-2-3;/h1H2,2H3,(H,5,6);2*1,3-4H2,2H3;1H3;/q;;;;+1/p-1. The first-order chi connectivity index (χ1) is 8.39. The maximum atomic E-state index is 12.0. The number of carbonyl (C=O) groups excluding carboxylic acids is 2. The van der Waals surface area contributed by atoms with Gasteiger partial charge >= 0.3 is 116 Å². The van der Waals surface area contributed by atoms with Gasteiger partial charge in [-0.1, -0.05) is 0 Å². The number of hydrogen-bond acceptors (Lipinski definition) is 3. The van der Waals surface area contributed by atoms with E-state index in [9.17, 15) is 9.59 Å². The Hall–Kier alpha value is -0.321. The molecule has 0 radical (unpaired) electrons. The molecule has 0 saturated heterocycles. The van der Waals surface area contributed by atoms with Crippen molar-refractivity contribution in [3.63, 3.8) is 0 Å². The molecule has 4 heteroatoms. The van der Waals surface area contributed by atoms with Crippen LogP contribution in [0.1, 0.15) is 53.4 Å². The fourth-order valence-corrected chi connectivity index (χ4v) is 12.3. The molecule has 0 bridgehead atoms. The summed E-state index contributed by atoms with van der Waals surface area (Å²) in [5.41, 5.74) is 0.394. The van der Waals surface area contributed by atoms with Gasteiger partial charge in [-0.15, -0.1) is 0 Å². The van der Waals surface area contributed by atoms with Crippen molar-refractivity contribution in [2.45, 2.75) is 62.3 Å². The molecule has 0 fully saturated rings. The summed E-state index contributed by atoms with van der Waals surface area (Å²) in [4.78, 5) is 23.8. The summed E-state index contributed by atoms with van der Waals surface area (Å²) in [5.74, 6) is -0.367. The van der Waals surface area contributed by atoms with E-state index in [1.165, 1.54) is 0 Å². The quantitative estimate of drug-likeness (QED) is 0.464. The third kappa shape index (κ3) is 5.55. The molecular formula is C14H26O3Sn. The van der Waals surface area contributed by atoms with Crippen LogP contribution in [0.25, 0.3) is 0 Å². The summed E-state index contributed by atoms with van der Waals surface area (Å²) < 4.78 is 7.48. The fraction of sp³-hybridized carbons (Fsp3) is 0.714. The van der Waals surface area contributed by atoms with Crippen molar-refractivity contribution in [1.82, 2.24) is 0 Å². The number of carbonyl (C=O) groups is 2. The van der Waals surface area contributed by atoms with Gasteiger partial charge in [-0.3, -0.25) is 0 Å². The van der Waals surface area contributed by atoms with E-state index in [1.807, 2.05) is 0 Å². The molecule has 0 aromatic heterocycles. The second-order valence-corrected chi connectivity index (χ2v) is 16.0. The molecule has 0 unspecified atom stereocenters. The Morgan fingerprint density at radius 1 is 1.06 bits per heavy atom. The van der Waals surface area contributed by atoms with Crippen molar-refractivity contribution < 1.29 is 12.7 Å². The molecule has 3 nitrogen and oxygen atoms in total. The van der Waals surface area contributed by atoms with Gasteiger partial charge in [-0.2, -0.15) is 0 Å². The van der Waals surface area contributed by atoms with Gasteiger partial charge in [0.1, 0.15) is 0 Å². The van der Waals surface area contributed by atoms with Crippen LogP contribution in [-0.4, -0.2) is 28.6 Å². The monoisotopic (exact) mass is 362 g/mol. The van der Waals surface area contributed by atoms with Crippen molar-refractivity contribution in [3.05, 3.63) is 12.2 Å². The van der Waals surface area contributed by atoms with E-state index < -0.39 is 18.8 Å². The van der Waals surface area contributed by atoms with E-state index in [-0.39, 0.29) is 9.77 Å². The fourth-order valence-electron chi connectivity index (χ4n) is 1.84. The molecule has 0 heterocycles. The molecule has 18 heavy (non-hydrogen) atoms. The van der Waals surface area contributed by atoms with Crippen molar-refractivity contribution >= 4 is 28.6 Å². The number of hydrogen-bond donors (Lipinski definition) is 0. The zero-order valence-electron chi connectivity index (χ0n) is 12.2. The molecule has 0 aliphatic heterocycles. The van der Waals surface area contributed by atoms with Gasteiger partial charge in [0.25, 0.3) is 0 Å². The van der Waals surface area contributed by atoms with E-state index >= 15 is 0 Å². The third-order valence-electron chi connectivity index (χ3n) is 3.15. The normalized spacial score (nSPS) is 11.1. The SMILES string of the molecule is C=C(C)C(=O)[O][Sn]([CH2]CCC)([CH2]CCC)[C](C)=O. The Bertz CT molecular complexity index is 302. The van der Waals surface area contributed by atoms with Crippen molar-refractivity contribution in [1.29, 1.82) is 0 Å². The van der Waals surface area contributed by atoms with Crippen molar-refractivity contribution in [2.75, 3.05) is 0 Å². The average Bonchev–Trinajstić information content (AvgIpc) is 2.32. The van der Waals surface area contributed by atoms with Crippen LogP contribution in [0, 0.1) is 0 Å². The average molecular weight is 361 g/mol. The Morgan fingerprint density at radius 3 is 1.78 bits per heavy atom. The molecule has 0 aliphatic carbocycles. The summed E-state index contributed by atoms with van der Waals surface area (Å²) in [5, 5.41) is 0. The Labute approximate surface area is 115 Å². The first-order valence-corrected chi connectivity index (χ1v) is 13.4. The third-order valence-corrected chi connectivity index (χ3v) is 15.1. The molecule has 0 aromatic carbocycles. The van der Waals surface area contributed by atoms with Crippen LogP contribution in [0.5, 0.6) is 0 Å². The molecule has 0 rings (SSSR count). The second kappa shape index (κ2) is 8.72. The maximum absolute atomic E-state index is 12.0. The van der Waals surface area contributed by atoms with Crippen LogP contribution in [0.2, 0.25) is 8.87 Å². The van der Waals surface area contributed by atoms with Crippen LogP contribution in [0.15, 0.2) is 12.2 Å². The van der Waals surface area contributed by atoms with Crippen LogP contribution in [0.3, 0.4) is 0 Å². The van der Waals surface area contributed by atoms with Crippen LogP contribution < -0.4 is 0 Å². The van der Waals surface area contributed by atoms with Gasteiger partial charge in [0.2, 0.25) is 0 Å². The first-order valence-electron chi connectivity index (χ1n) is 6.79. The summed E-state index contributed by atoms with van der Waals surface area (Å²) in [6.07, 6.45) is 4.01. The summed E-state index contributed by atoms with van der Waals surface area (Å²) in [6, 6.07) is 0. The van der Waals surface area contributed by atoms with Gasteiger partial charge in [0.15, 0.2) is 0 Å². The zero-order valence-corrected chi connectivity index (χ0v) is 15.0. The van der Waals surface area contributed by atoms with E-state index in [1.54, 1.807) is 13.8 Å². The minimum absolute atomic E-state index is 0.154. The van der Waals surface area contributed by atoms with Gasteiger partial charge in [0.05, 0.1) is 0 Å². The Balaban J connectivity index is 4.98. The predicted octanol–water partition coefficient (Wildman–Crippen LogP) is 3.78. The number of unbranched alkanes of at least 4 members (excludes halogenated alkanes) is 2. The van der Waals surface area contributed by atoms with E-state index in [2.05, 4.69) is 20.4 Å². The van der Waals surface area contributed by atoms with Crippen LogP contribution >= 0.6 is 0 Å². The summed E-state index contributed by atoms with van der Waals surface area (Å²) in [7, 11) is 0. The van der Waals surface area contributed by atoms with Gasteiger partial charge in [-0.05, 0) is 0 Å². The molecule has 0 saturated carbocycles. The minimum atomic E-state index is -3.43. The zero-order chi connectivity index (χ0) is 14.2. The van der Waals surface area contributed by atoms with Gasteiger partial charge in [-0.25, -0.2) is 0 Å². The van der Waals surface area contributed by atoms with Crippen molar-refractivity contribution in [2.24, 2.45) is 0 Å². The van der Waals surface area contributed by atoms with E-state index in [0.29, 0.717) is 5.57 Å². The van der Waals surface area contributed by atoms with Crippen LogP contribution in [0.4, 0.5) is 0 Å². The second-order valence-electron chi connectivity index (χ2n) is 4.93. The van der Waals surface area contributed by atoms with Crippen molar-refractivity contribution in [3.8, 4) is 0 Å². The Kier molecular flexibility index (Phi) is 8.57. The molecule has 0 aliphatic rings. The Morgan fingerprint density at radius 2 is 1.50 bits per heavy atom. The molecule has 0 N–H and O–H groups in total. The van der Waals surface area contributed by atoms with E-state index in [4.69, 9.17) is 3.07 Å². The summed E-state index contributed by atoms with van der Waals surface area (Å²) in [6.45, 7) is 11.0. The molecule has 0 amide bonds.